The van der Waals surface area contributed by atoms with Gasteiger partial charge in [0.05, 0.1) is 10.7 Å². The van der Waals surface area contributed by atoms with E-state index < -0.39 is 23.9 Å². The Balaban J connectivity index is 2.70. The first-order valence-electron chi connectivity index (χ1n) is 6.15. The van der Waals surface area contributed by atoms with Gasteiger partial charge in [-0.1, -0.05) is 23.7 Å². The zero-order valence-electron chi connectivity index (χ0n) is 11.4. The Kier molecular flexibility index (Phi) is 5.98. The van der Waals surface area contributed by atoms with Crippen LogP contribution in [0.1, 0.15) is 18.4 Å². The highest BCUT2D eigenvalue weighted by Crippen LogP contribution is 2.24. The second kappa shape index (κ2) is 7.49. The zero-order chi connectivity index (χ0) is 16.0. The molecule has 5 N–H and O–H groups in total. The van der Waals surface area contributed by atoms with Gasteiger partial charge < -0.3 is 21.5 Å². The normalized spacial score (nSPS) is 11.5. The van der Waals surface area contributed by atoms with Crippen molar-refractivity contribution in [1.29, 1.82) is 0 Å². The number of halogens is 1. The van der Waals surface area contributed by atoms with Gasteiger partial charge in [-0.05, 0) is 25.0 Å². The molecule has 1 atom stereocenters. The Morgan fingerprint density at radius 3 is 2.57 bits per heavy atom. The highest BCUT2D eigenvalue weighted by molar-refractivity contribution is 6.33. The van der Waals surface area contributed by atoms with E-state index in [4.69, 9.17) is 22.4 Å². The fraction of sp³-hybridized carbons (Fsp3) is 0.308. The van der Waals surface area contributed by atoms with Crippen LogP contribution in [0.2, 0.25) is 5.02 Å². The first-order valence-corrected chi connectivity index (χ1v) is 6.52. The predicted molar refractivity (Wildman–Crippen MR) is 78.2 cm³/mol. The molecule has 21 heavy (non-hydrogen) atoms. The van der Waals surface area contributed by atoms with E-state index in [0.717, 1.165) is 5.56 Å². The fourth-order valence-electron chi connectivity index (χ4n) is 1.64. The van der Waals surface area contributed by atoms with Crippen molar-refractivity contribution in [1.82, 2.24) is 5.32 Å². The molecule has 0 unspecified atom stereocenters. The summed E-state index contributed by atoms with van der Waals surface area (Å²) < 4.78 is 0. The van der Waals surface area contributed by atoms with Crippen molar-refractivity contribution in [3.8, 4) is 0 Å². The first-order chi connectivity index (χ1) is 9.81. The molecule has 0 fully saturated rings. The molecule has 1 rings (SSSR count). The summed E-state index contributed by atoms with van der Waals surface area (Å²) in [6, 6.07) is 3.16. The smallest absolute Gasteiger partial charge is 0.326 e. The monoisotopic (exact) mass is 313 g/mol. The summed E-state index contributed by atoms with van der Waals surface area (Å²) in [5, 5.41) is 14.1. The molecule has 0 aliphatic carbocycles. The van der Waals surface area contributed by atoms with Gasteiger partial charge in [0.2, 0.25) is 5.91 Å². The van der Waals surface area contributed by atoms with Crippen LogP contribution in [-0.2, 0) is 9.59 Å². The van der Waals surface area contributed by atoms with E-state index in [1.807, 2.05) is 0 Å². The second-order valence-corrected chi connectivity index (χ2v) is 4.83. The molecule has 114 valence electrons. The standard InChI is InChI=1S/C13H16ClN3O4/c1-7-3-2-4-8(14)11(7)17-13(21)16-9(12(19)20)5-6-10(15)18/h2-4,9H,5-6H2,1H3,(H2,15,18)(H,19,20)(H2,16,17,21)/t9-/m1/s1. The van der Waals surface area contributed by atoms with Gasteiger partial charge >= 0.3 is 12.0 Å². The Bertz CT molecular complexity index is 542. The number of aryl methyl sites for hydroxylation is 1. The number of carbonyl (C=O) groups excluding carboxylic acids is 2. The molecule has 8 heteroatoms. The summed E-state index contributed by atoms with van der Waals surface area (Å²) in [7, 11) is 0. The van der Waals surface area contributed by atoms with Crippen molar-refractivity contribution >= 4 is 35.2 Å². The largest absolute Gasteiger partial charge is 0.480 e. The number of hydrogen-bond acceptors (Lipinski definition) is 3. The lowest BCUT2D eigenvalue weighted by Crippen LogP contribution is -2.43. The van der Waals surface area contributed by atoms with Crippen molar-refractivity contribution in [2.45, 2.75) is 25.8 Å². The molecule has 0 radical (unpaired) electrons. The summed E-state index contributed by atoms with van der Waals surface area (Å²) in [6.45, 7) is 1.75. The maximum Gasteiger partial charge on any atom is 0.326 e. The van der Waals surface area contributed by atoms with Crippen LogP contribution in [0.3, 0.4) is 0 Å². The lowest BCUT2D eigenvalue weighted by Gasteiger charge is -2.16. The van der Waals surface area contributed by atoms with Gasteiger partial charge in [-0.15, -0.1) is 0 Å². The van der Waals surface area contributed by atoms with E-state index in [-0.39, 0.29) is 12.8 Å². The SMILES string of the molecule is Cc1cccc(Cl)c1NC(=O)N[C@H](CCC(N)=O)C(=O)O. The Hall–Kier alpha value is -2.28. The molecule has 0 saturated heterocycles. The van der Waals surface area contributed by atoms with Crippen LogP contribution in [0.4, 0.5) is 10.5 Å². The number of nitrogens with one attached hydrogen (secondary N) is 2. The molecular weight excluding hydrogens is 298 g/mol. The minimum Gasteiger partial charge on any atom is -0.480 e. The lowest BCUT2D eigenvalue weighted by molar-refractivity contribution is -0.139. The number of anilines is 1. The number of hydrogen-bond donors (Lipinski definition) is 4. The summed E-state index contributed by atoms with van der Waals surface area (Å²) in [6.07, 6.45) is -0.220. The number of benzene rings is 1. The fourth-order valence-corrected chi connectivity index (χ4v) is 1.91. The number of nitrogens with two attached hydrogens (primary N) is 1. The topological polar surface area (TPSA) is 122 Å². The molecule has 3 amide bonds. The van der Waals surface area contributed by atoms with Gasteiger partial charge in [0.15, 0.2) is 0 Å². The average molecular weight is 314 g/mol. The third-order valence-corrected chi connectivity index (χ3v) is 3.06. The molecule has 0 bridgehead atoms. The van der Waals surface area contributed by atoms with Crippen molar-refractivity contribution in [3.63, 3.8) is 0 Å². The van der Waals surface area contributed by atoms with E-state index in [2.05, 4.69) is 10.6 Å². The summed E-state index contributed by atoms with van der Waals surface area (Å²) >= 11 is 5.96. The van der Waals surface area contributed by atoms with E-state index in [1.54, 1.807) is 25.1 Å². The molecule has 0 heterocycles. The van der Waals surface area contributed by atoms with Crippen LogP contribution in [-0.4, -0.2) is 29.1 Å². The number of urea groups is 1. The van der Waals surface area contributed by atoms with Crippen LogP contribution in [0.15, 0.2) is 18.2 Å². The minimum atomic E-state index is -1.25. The van der Waals surface area contributed by atoms with Crippen LogP contribution in [0.25, 0.3) is 0 Å². The Morgan fingerprint density at radius 2 is 2.05 bits per heavy atom. The van der Waals surface area contributed by atoms with Gasteiger partial charge in [-0.3, -0.25) is 4.79 Å². The number of primary amides is 1. The number of carboxylic acids is 1. The summed E-state index contributed by atoms with van der Waals surface area (Å²) in [4.78, 5) is 33.5. The number of carbonyl (C=O) groups is 3. The first kappa shape index (κ1) is 16.8. The lowest BCUT2D eigenvalue weighted by atomic mass is 10.1. The molecule has 1 aromatic carbocycles. The quantitative estimate of drug-likeness (QED) is 0.635. The maximum atomic E-state index is 11.8. The van der Waals surface area contributed by atoms with Gasteiger partial charge in [-0.2, -0.15) is 0 Å². The molecule has 0 saturated carbocycles. The Labute approximate surface area is 126 Å². The maximum absolute atomic E-state index is 11.8. The van der Waals surface area contributed by atoms with Crippen molar-refractivity contribution in [2.24, 2.45) is 5.73 Å². The third-order valence-electron chi connectivity index (χ3n) is 2.74. The number of rotatable bonds is 6. The zero-order valence-corrected chi connectivity index (χ0v) is 12.1. The third kappa shape index (κ3) is 5.31. The molecule has 0 spiro atoms. The number of amides is 3. The van der Waals surface area contributed by atoms with Crippen molar-refractivity contribution in [3.05, 3.63) is 28.8 Å². The minimum absolute atomic E-state index is 0.0837. The van der Waals surface area contributed by atoms with Gasteiger partial charge in [0.1, 0.15) is 6.04 Å². The molecule has 1 aromatic rings. The predicted octanol–water partition coefficient (Wildman–Crippen LogP) is 1.49. The Morgan fingerprint density at radius 1 is 1.38 bits per heavy atom. The van der Waals surface area contributed by atoms with E-state index in [9.17, 15) is 14.4 Å². The molecular formula is C13H16ClN3O4. The highest BCUT2D eigenvalue weighted by Gasteiger charge is 2.21. The van der Waals surface area contributed by atoms with Crippen LogP contribution < -0.4 is 16.4 Å². The number of carboxylic acid groups (broad SMARTS) is 1. The molecule has 0 aromatic heterocycles. The van der Waals surface area contributed by atoms with Gasteiger partial charge in [0, 0.05) is 6.42 Å². The summed E-state index contributed by atoms with van der Waals surface area (Å²) in [5.41, 5.74) is 6.09. The average Bonchev–Trinajstić information content (AvgIpc) is 2.38. The van der Waals surface area contributed by atoms with Crippen LogP contribution >= 0.6 is 11.6 Å². The van der Waals surface area contributed by atoms with Crippen molar-refractivity contribution < 1.29 is 19.5 Å². The summed E-state index contributed by atoms with van der Waals surface area (Å²) in [5.74, 6) is -1.88. The van der Waals surface area contributed by atoms with Gasteiger partial charge in [0.25, 0.3) is 0 Å². The van der Waals surface area contributed by atoms with Crippen LogP contribution in [0, 0.1) is 6.92 Å². The highest BCUT2D eigenvalue weighted by atomic mass is 35.5. The van der Waals surface area contributed by atoms with Crippen molar-refractivity contribution in [2.75, 3.05) is 5.32 Å². The van der Waals surface area contributed by atoms with E-state index in [0.29, 0.717) is 10.7 Å². The van der Waals surface area contributed by atoms with Crippen LogP contribution in [0.5, 0.6) is 0 Å². The van der Waals surface area contributed by atoms with Gasteiger partial charge in [-0.25, -0.2) is 9.59 Å². The molecule has 7 nitrogen and oxygen atoms in total. The molecule has 0 aliphatic heterocycles. The van der Waals surface area contributed by atoms with E-state index in [1.165, 1.54) is 0 Å². The molecule has 0 aliphatic rings. The number of para-hydroxylation sites is 1. The number of aliphatic carboxylic acids is 1. The van der Waals surface area contributed by atoms with E-state index >= 15 is 0 Å². The second-order valence-electron chi connectivity index (χ2n) is 4.43.